The molecule has 2 aromatic heterocycles. The van der Waals surface area contributed by atoms with Gasteiger partial charge >= 0.3 is 5.69 Å². The van der Waals surface area contributed by atoms with Crippen LogP contribution in [-0.2, 0) is 21.3 Å². The number of fused-ring (bicyclic) bond motifs is 1. The molecule has 0 N–H and O–H groups in total. The fourth-order valence-electron chi connectivity index (χ4n) is 2.61. The Labute approximate surface area is 134 Å². The Morgan fingerprint density at radius 3 is 2.65 bits per heavy atom. The lowest BCUT2D eigenvalue weighted by Gasteiger charge is -2.25. The largest absolute Gasteiger partial charge is 0.379 e. The average molecular weight is 340 g/mol. The standard InChI is InChI=1S/C14H20N4O4S/c1-11(2)10-18-14(19)17-5-3-4-12(13(17)15-18)23(20,21)16-6-8-22-9-7-16/h3-5,11H,6-10H2,1-2H3. The summed E-state index contributed by atoms with van der Waals surface area (Å²) in [5.74, 6) is 0.233. The van der Waals surface area contributed by atoms with Crippen molar-refractivity contribution in [1.29, 1.82) is 0 Å². The number of morpholine rings is 1. The molecule has 0 spiro atoms. The van der Waals surface area contributed by atoms with Gasteiger partial charge in [0.1, 0.15) is 4.90 Å². The number of hydrogen-bond donors (Lipinski definition) is 0. The molecular formula is C14H20N4O4S. The molecule has 2 aromatic rings. The van der Waals surface area contributed by atoms with Crippen LogP contribution in [-0.4, -0.2) is 53.2 Å². The van der Waals surface area contributed by atoms with Crippen LogP contribution in [0.2, 0.25) is 0 Å². The van der Waals surface area contributed by atoms with Gasteiger partial charge in [-0.2, -0.15) is 4.31 Å². The summed E-state index contributed by atoms with van der Waals surface area (Å²) in [5.41, 5.74) is -0.155. The SMILES string of the molecule is CC(C)Cn1nc2c(S(=O)(=O)N3CCOCC3)cccn2c1=O. The quantitative estimate of drug-likeness (QED) is 0.792. The van der Waals surface area contributed by atoms with Crippen LogP contribution in [0.5, 0.6) is 0 Å². The lowest BCUT2D eigenvalue weighted by molar-refractivity contribution is 0.0730. The van der Waals surface area contributed by atoms with Crippen LogP contribution in [0, 0.1) is 5.92 Å². The van der Waals surface area contributed by atoms with Gasteiger partial charge in [-0.25, -0.2) is 22.3 Å². The summed E-state index contributed by atoms with van der Waals surface area (Å²) in [6.45, 7) is 5.75. The van der Waals surface area contributed by atoms with Gasteiger partial charge in [0.25, 0.3) is 0 Å². The van der Waals surface area contributed by atoms with E-state index in [4.69, 9.17) is 4.74 Å². The van der Waals surface area contributed by atoms with Crippen LogP contribution in [0.15, 0.2) is 28.0 Å². The third kappa shape index (κ3) is 2.91. The Balaban J connectivity index is 2.12. The van der Waals surface area contributed by atoms with Crippen molar-refractivity contribution < 1.29 is 13.2 Å². The lowest BCUT2D eigenvalue weighted by atomic mass is 10.2. The number of nitrogens with zero attached hydrogens (tertiary/aromatic N) is 4. The second-order valence-electron chi connectivity index (χ2n) is 5.94. The zero-order valence-corrected chi connectivity index (χ0v) is 14.0. The molecule has 3 rings (SSSR count). The summed E-state index contributed by atoms with van der Waals surface area (Å²) < 4.78 is 34.9. The first kappa shape index (κ1) is 16.2. The van der Waals surface area contributed by atoms with Gasteiger partial charge < -0.3 is 4.74 Å². The zero-order valence-electron chi connectivity index (χ0n) is 13.2. The molecule has 3 heterocycles. The van der Waals surface area contributed by atoms with Crippen molar-refractivity contribution in [2.75, 3.05) is 26.3 Å². The second-order valence-corrected chi connectivity index (χ2v) is 7.85. The molecule has 1 fully saturated rings. The maximum atomic E-state index is 12.8. The van der Waals surface area contributed by atoms with Crippen molar-refractivity contribution in [3.05, 3.63) is 28.8 Å². The van der Waals surface area contributed by atoms with Crippen molar-refractivity contribution in [3.8, 4) is 0 Å². The van der Waals surface area contributed by atoms with Crippen LogP contribution < -0.4 is 5.69 Å². The first-order valence-electron chi connectivity index (χ1n) is 7.57. The maximum Gasteiger partial charge on any atom is 0.350 e. The zero-order chi connectivity index (χ0) is 16.6. The predicted molar refractivity (Wildman–Crippen MR) is 83.9 cm³/mol. The highest BCUT2D eigenvalue weighted by Gasteiger charge is 2.29. The van der Waals surface area contributed by atoms with Crippen LogP contribution in [0.4, 0.5) is 0 Å². The maximum absolute atomic E-state index is 12.8. The normalized spacial score (nSPS) is 17.2. The molecule has 23 heavy (non-hydrogen) atoms. The first-order valence-corrected chi connectivity index (χ1v) is 9.01. The topological polar surface area (TPSA) is 85.9 Å². The molecule has 0 saturated carbocycles. The molecule has 8 nitrogen and oxygen atoms in total. The molecule has 1 saturated heterocycles. The van der Waals surface area contributed by atoms with E-state index in [1.54, 1.807) is 12.3 Å². The highest BCUT2D eigenvalue weighted by Crippen LogP contribution is 2.20. The number of pyridine rings is 1. The van der Waals surface area contributed by atoms with Gasteiger partial charge in [0.05, 0.1) is 13.2 Å². The third-order valence-electron chi connectivity index (χ3n) is 3.70. The molecule has 0 radical (unpaired) electrons. The lowest BCUT2D eigenvalue weighted by Crippen LogP contribution is -2.40. The van der Waals surface area contributed by atoms with Crippen molar-refractivity contribution in [1.82, 2.24) is 18.5 Å². The van der Waals surface area contributed by atoms with E-state index in [9.17, 15) is 13.2 Å². The molecule has 0 unspecified atom stereocenters. The van der Waals surface area contributed by atoms with Crippen LogP contribution in [0.25, 0.3) is 5.65 Å². The van der Waals surface area contributed by atoms with E-state index >= 15 is 0 Å². The van der Waals surface area contributed by atoms with Crippen molar-refractivity contribution in [3.63, 3.8) is 0 Å². The fourth-order valence-corrected chi connectivity index (χ4v) is 4.13. The van der Waals surface area contributed by atoms with E-state index in [2.05, 4.69) is 5.10 Å². The summed E-state index contributed by atoms with van der Waals surface area (Å²) >= 11 is 0. The van der Waals surface area contributed by atoms with Crippen molar-refractivity contribution >= 4 is 15.7 Å². The molecule has 0 bridgehead atoms. The Hall–Kier alpha value is -1.71. The van der Waals surface area contributed by atoms with Gasteiger partial charge in [-0.1, -0.05) is 13.8 Å². The third-order valence-corrected chi connectivity index (χ3v) is 5.62. The van der Waals surface area contributed by atoms with Gasteiger partial charge in [-0.15, -0.1) is 5.10 Å². The molecular weight excluding hydrogens is 320 g/mol. The van der Waals surface area contributed by atoms with E-state index in [1.165, 1.54) is 19.5 Å². The predicted octanol–water partition coefficient (Wildman–Crippen LogP) is 0.173. The molecule has 0 atom stereocenters. The van der Waals surface area contributed by atoms with Crippen molar-refractivity contribution in [2.24, 2.45) is 5.92 Å². The summed E-state index contributed by atoms with van der Waals surface area (Å²) in [6, 6.07) is 3.05. The number of hydrogen-bond acceptors (Lipinski definition) is 5. The van der Waals surface area contributed by atoms with E-state index in [-0.39, 0.29) is 22.2 Å². The van der Waals surface area contributed by atoms with Crippen molar-refractivity contribution in [2.45, 2.75) is 25.3 Å². The average Bonchev–Trinajstić information content (AvgIpc) is 2.84. The summed E-state index contributed by atoms with van der Waals surface area (Å²) in [4.78, 5) is 12.4. The van der Waals surface area contributed by atoms with Crippen LogP contribution in [0.1, 0.15) is 13.8 Å². The molecule has 1 aliphatic rings. The Kier molecular flexibility index (Phi) is 4.26. The van der Waals surface area contributed by atoms with Gasteiger partial charge in [0.15, 0.2) is 5.65 Å². The Morgan fingerprint density at radius 1 is 1.30 bits per heavy atom. The molecule has 0 aliphatic carbocycles. The molecule has 0 amide bonds. The fraction of sp³-hybridized carbons (Fsp3) is 0.571. The summed E-state index contributed by atoms with van der Waals surface area (Å²) in [6.07, 6.45) is 1.54. The number of ether oxygens (including phenoxy) is 1. The Bertz CT molecular complexity index is 863. The highest BCUT2D eigenvalue weighted by molar-refractivity contribution is 7.89. The minimum absolute atomic E-state index is 0.0570. The van der Waals surface area contributed by atoms with Gasteiger partial charge in [-0.3, -0.25) is 0 Å². The molecule has 0 aromatic carbocycles. The first-order chi connectivity index (χ1) is 10.9. The number of sulfonamides is 1. The highest BCUT2D eigenvalue weighted by atomic mass is 32.2. The van der Waals surface area contributed by atoms with Gasteiger partial charge in [0.2, 0.25) is 10.0 Å². The monoisotopic (exact) mass is 340 g/mol. The number of rotatable bonds is 4. The molecule has 126 valence electrons. The minimum Gasteiger partial charge on any atom is -0.379 e. The summed E-state index contributed by atoms with van der Waals surface area (Å²) in [5, 5.41) is 4.24. The molecule has 1 aliphatic heterocycles. The smallest absolute Gasteiger partial charge is 0.350 e. The van der Waals surface area contributed by atoms with Crippen LogP contribution in [0.3, 0.4) is 0 Å². The van der Waals surface area contributed by atoms with Gasteiger partial charge in [-0.05, 0) is 18.1 Å². The van der Waals surface area contributed by atoms with E-state index in [0.29, 0.717) is 32.8 Å². The van der Waals surface area contributed by atoms with E-state index in [1.807, 2.05) is 13.8 Å². The molecule has 9 heteroatoms. The minimum atomic E-state index is -3.70. The number of aromatic nitrogens is 3. The Morgan fingerprint density at radius 2 is 2.00 bits per heavy atom. The van der Waals surface area contributed by atoms with Crippen LogP contribution >= 0.6 is 0 Å². The van der Waals surface area contributed by atoms with E-state index in [0.717, 1.165) is 0 Å². The summed E-state index contributed by atoms with van der Waals surface area (Å²) in [7, 11) is -3.70. The van der Waals surface area contributed by atoms with E-state index < -0.39 is 10.0 Å². The second kappa shape index (κ2) is 6.06. The van der Waals surface area contributed by atoms with Gasteiger partial charge in [0, 0.05) is 25.8 Å².